The van der Waals surface area contributed by atoms with Crippen LogP contribution in [0.15, 0.2) is 18.2 Å². The second kappa shape index (κ2) is 6.06. The zero-order chi connectivity index (χ0) is 14.7. The van der Waals surface area contributed by atoms with Crippen LogP contribution < -0.4 is 4.90 Å². The third kappa shape index (κ3) is 3.00. The van der Waals surface area contributed by atoms with Crippen LogP contribution >= 0.6 is 0 Å². The Balaban J connectivity index is 2.37. The van der Waals surface area contributed by atoms with Gasteiger partial charge in [-0.25, -0.2) is 0 Å². The van der Waals surface area contributed by atoms with Crippen molar-refractivity contribution in [3.8, 4) is 6.07 Å². The van der Waals surface area contributed by atoms with Gasteiger partial charge in [-0.1, -0.05) is 6.92 Å². The molecule has 1 aliphatic heterocycles. The summed E-state index contributed by atoms with van der Waals surface area (Å²) in [4.78, 5) is 13.7. The topological polar surface area (TPSA) is 53.3 Å². The summed E-state index contributed by atoms with van der Waals surface area (Å²) in [5, 5.41) is 9.27. The number of hydrogen-bond acceptors (Lipinski definition) is 4. The first-order valence-electron chi connectivity index (χ1n) is 7.00. The molecule has 1 heterocycles. The molecule has 4 nitrogen and oxygen atoms in total. The number of nitriles is 1. The van der Waals surface area contributed by atoms with E-state index in [4.69, 9.17) is 4.74 Å². The van der Waals surface area contributed by atoms with Crippen molar-refractivity contribution in [1.82, 2.24) is 0 Å². The highest BCUT2D eigenvalue weighted by Crippen LogP contribution is 2.26. The van der Waals surface area contributed by atoms with Crippen molar-refractivity contribution in [2.45, 2.75) is 39.4 Å². The van der Waals surface area contributed by atoms with Crippen molar-refractivity contribution in [1.29, 1.82) is 5.26 Å². The van der Waals surface area contributed by atoms with E-state index in [9.17, 15) is 10.1 Å². The second-order valence-corrected chi connectivity index (χ2v) is 5.28. The maximum atomic E-state index is 11.5. The summed E-state index contributed by atoms with van der Waals surface area (Å²) in [6.07, 6.45) is 1.24. The molecule has 0 bridgehead atoms. The zero-order valence-electron chi connectivity index (χ0n) is 12.2. The first-order chi connectivity index (χ1) is 9.55. The van der Waals surface area contributed by atoms with Gasteiger partial charge < -0.3 is 9.64 Å². The molecular weight excluding hydrogens is 252 g/mol. The molecule has 0 spiro atoms. The van der Waals surface area contributed by atoms with Crippen molar-refractivity contribution in [3.63, 3.8) is 0 Å². The minimum absolute atomic E-state index is 0.0177. The SMILES string of the molecule is CCC1CN(c2cc(C(C)=O)ccc2C#N)CC(C)O1. The van der Waals surface area contributed by atoms with E-state index in [0.29, 0.717) is 11.1 Å². The molecule has 2 rings (SSSR count). The van der Waals surface area contributed by atoms with Crippen LogP contribution in [-0.4, -0.2) is 31.1 Å². The lowest BCUT2D eigenvalue weighted by Crippen LogP contribution is -2.46. The standard InChI is InChI=1S/C16H20N2O2/c1-4-15-10-18(9-11(2)20-15)16-7-13(12(3)19)5-6-14(16)8-17/h5-7,11,15H,4,9-10H2,1-3H3. The summed E-state index contributed by atoms with van der Waals surface area (Å²) in [5.41, 5.74) is 2.10. The van der Waals surface area contributed by atoms with E-state index in [0.717, 1.165) is 25.2 Å². The molecule has 1 fully saturated rings. The lowest BCUT2D eigenvalue weighted by Gasteiger charge is -2.38. The normalized spacial score (nSPS) is 22.4. The number of anilines is 1. The summed E-state index contributed by atoms with van der Waals surface area (Å²) >= 11 is 0. The van der Waals surface area contributed by atoms with Gasteiger partial charge in [0.2, 0.25) is 0 Å². The van der Waals surface area contributed by atoms with Gasteiger partial charge in [0.05, 0.1) is 23.5 Å². The summed E-state index contributed by atoms with van der Waals surface area (Å²) in [6, 6.07) is 7.48. The lowest BCUT2D eigenvalue weighted by atomic mass is 10.0. The molecule has 106 valence electrons. The number of benzene rings is 1. The Kier molecular flexibility index (Phi) is 4.41. The van der Waals surface area contributed by atoms with Crippen LogP contribution in [0, 0.1) is 11.3 Å². The molecule has 2 atom stereocenters. The predicted octanol–water partition coefficient (Wildman–Crippen LogP) is 2.76. The average Bonchev–Trinajstić information content (AvgIpc) is 2.45. The molecule has 2 unspecified atom stereocenters. The molecule has 4 heteroatoms. The maximum Gasteiger partial charge on any atom is 0.159 e. The van der Waals surface area contributed by atoms with Gasteiger partial charge in [-0.15, -0.1) is 0 Å². The zero-order valence-corrected chi connectivity index (χ0v) is 12.2. The third-order valence-electron chi connectivity index (χ3n) is 3.65. The number of ketones is 1. The van der Waals surface area contributed by atoms with E-state index in [1.54, 1.807) is 19.1 Å². The summed E-state index contributed by atoms with van der Waals surface area (Å²) in [6.45, 7) is 7.18. The molecule has 0 aromatic heterocycles. The first kappa shape index (κ1) is 14.5. The quantitative estimate of drug-likeness (QED) is 0.794. The molecule has 0 N–H and O–H groups in total. The fourth-order valence-electron chi connectivity index (χ4n) is 2.57. The number of rotatable bonds is 3. The largest absolute Gasteiger partial charge is 0.372 e. The van der Waals surface area contributed by atoms with Crippen molar-refractivity contribution in [2.24, 2.45) is 0 Å². The fourth-order valence-corrected chi connectivity index (χ4v) is 2.57. The highest BCUT2D eigenvalue weighted by molar-refractivity contribution is 5.95. The maximum absolute atomic E-state index is 11.5. The third-order valence-corrected chi connectivity index (χ3v) is 3.65. The second-order valence-electron chi connectivity index (χ2n) is 5.28. The monoisotopic (exact) mass is 272 g/mol. The molecular formula is C16H20N2O2. The van der Waals surface area contributed by atoms with E-state index < -0.39 is 0 Å². The molecule has 1 aliphatic rings. The van der Waals surface area contributed by atoms with E-state index in [2.05, 4.69) is 17.9 Å². The van der Waals surface area contributed by atoms with E-state index in [-0.39, 0.29) is 18.0 Å². The van der Waals surface area contributed by atoms with E-state index in [1.165, 1.54) is 0 Å². The number of Topliss-reactive ketones (excluding diaryl/α,β-unsaturated/α-hetero) is 1. The average molecular weight is 272 g/mol. The van der Waals surface area contributed by atoms with Gasteiger partial charge in [-0.2, -0.15) is 5.26 Å². The van der Waals surface area contributed by atoms with Gasteiger partial charge >= 0.3 is 0 Å². The Labute approximate surface area is 120 Å². The van der Waals surface area contributed by atoms with Crippen molar-refractivity contribution >= 4 is 11.5 Å². The van der Waals surface area contributed by atoms with Crippen LogP contribution in [0.3, 0.4) is 0 Å². The highest BCUT2D eigenvalue weighted by atomic mass is 16.5. The van der Waals surface area contributed by atoms with Crippen molar-refractivity contribution < 1.29 is 9.53 Å². The van der Waals surface area contributed by atoms with Gasteiger partial charge in [0.15, 0.2) is 5.78 Å². The Morgan fingerprint density at radius 1 is 1.50 bits per heavy atom. The molecule has 20 heavy (non-hydrogen) atoms. The first-order valence-corrected chi connectivity index (χ1v) is 7.00. The predicted molar refractivity (Wildman–Crippen MR) is 78.0 cm³/mol. The number of hydrogen-bond donors (Lipinski definition) is 0. The Bertz CT molecular complexity index is 548. The van der Waals surface area contributed by atoms with E-state index in [1.807, 2.05) is 13.0 Å². The fraction of sp³-hybridized carbons (Fsp3) is 0.500. The van der Waals surface area contributed by atoms with Gasteiger partial charge in [0, 0.05) is 18.7 Å². The molecule has 1 saturated heterocycles. The minimum Gasteiger partial charge on any atom is -0.372 e. The molecule has 1 aromatic carbocycles. The molecule has 0 saturated carbocycles. The van der Waals surface area contributed by atoms with Crippen LogP contribution in [0.1, 0.15) is 43.1 Å². The number of nitrogens with zero attached hydrogens (tertiary/aromatic N) is 2. The van der Waals surface area contributed by atoms with Crippen molar-refractivity contribution in [3.05, 3.63) is 29.3 Å². The minimum atomic E-state index is 0.0177. The molecule has 0 amide bonds. The highest BCUT2D eigenvalue weighted by Gasteiger charge is 2.26. The Hall–Kier alpha value is -1.86. The number of ether oxygens (including phenoxy) is 1. The van der Waals surface area contributed by atoms with Crippen LogP contribution in [0.5, 0.6) is 0 Å². The van der Waals surface area contributed by atoms with Crippen LogP contribution in [0.25, 0.3) is 0 Å². The smallest absolute Gasteiger partial charge is 0.159 e. The number of carbonyl (C=O) groups excluding carboxylic acids is 1. The Morgan fingerprint density at radius 3 is 2.85 bits per heavy atom. The molecule has 0 aliphatic carbocycles. The summed E-state index contributed by atoms with van der Waals surface area (Å²) in [5.74, 6) is 0.0177. The van der Waals surface area contributed by atoms with Crippen LogP contribution in [0.4, 0.5) is 5.69 Å². The summed E-state index contributed by atoms with van der Waals surface area (Å²) < 4.78 is 5.85. The van der Waals surface area contributed by atoms with Crippen LogP contribution in [0.2, 0.25) is 0 Å². The van der Waals surface area contributed by atoms with Gasteiger partial charge in [-0.05, 0) is 38.5 Å². The molecule has 0 radical (unpaired) electrons. The van der Waals surface area contributed by atoms with Gasteiger partial charge in [0.25, 0.3) is 0 Å². The Morgan fingerprint density at radius 2 is 2.25 bits per heavy atom. The van der Waals surface area contributed by atoms with Crippen LogP contribution in [-0.2, 0) is 4.74 Å². The van der Waals surface area contributed by atoms with Gasteiger partial charge in [0.1, 0.15) is 6.07 Å². The number of carbonyl (C=O) groups is 1. The number of morpholine rings is 1. The van der Waals surface area contributed by atoms with Crippen molar-refractivity contribution in [2.75, 3.05) is 18.0 Å². The lowest BCUT2D eigenvalue weighted by molar-refractivity contribution is -0.0172. The van der Waals surface area contributed by atoms with E-state index >= 15 is 0 Å². The molecule has 1 aromatic rings. The van der Waals surface area contributed by atoms with Gasteiger partial charge in [-0.3, -0.25) is 4.79 Å². The summed E-state index contributed by atoms with van der Waals surface area (Å²) in [7, 11) is 0.